The number of rotatable bonds is 4. The average molecular weight is 492 g/mol. The fraction of sp³-hybridized carbons (Fsp3) is 0.364. The predicted octanol–water partition coefficient (Wildman–Crippen LogP) is 3.35. The molecule has 0 aromatic heterocycles. The van der Waals surface area contributed by atoms with Gasteiger partial charge in [0, 0.05) is 37.1 Å². The minimum Gasteiger partial charge on any atom is -0.304 e. The summed E-state index contributed by atoms with van der Waals surface area (Å²) < 4.78 is 31.6. The fourth-order valence-corrected chi connectivity index (χ4v) is 5.88. The molecule has 1 saturated heterocycles. The van der Waals surface area contributed by atoms with E-state index in [0.29, 0.717) is 42.9 Å². The van der Waals surface area contributed by atoms with Crippen LogP contribution in [-0.4, -0.2) is 79.5 Å². The van der Waals surface area contributed by atoms with E-state index in [0.717, 1.165) is 16.8 Å². The maximum atomic E-state index is 13.0. The van der Waals surface area contributed by atoms with E-state index >= 15 is 0 Å². The van der Waals surface area contributed by atoms with E-state index < -0.39 is 10.2 Å². The summed E-state index contributed by atoms with van der Waals surface area (Å²) >= 11 is 7.37. The van der Waals surface area contributed by atoms with Gasteiger partial charge in [-0.15, -0.1) is 4.40 Å². The topological polar surface area (TPSA) is 68.6 Å². The number of nitrogens with zero attached hydrogens (tertiary/aromatic N) is 5. The summed E-state index contributed by atoms with van der Waals surface area (Å²) in [7, 11) is -1.79. The Labute approximate surface area is 198 Å². The standard InChI is InChI=1S/C22H26ClN5O2S2/c1-26-12-14-27(15-13-26)32(29,30)25-22(31-2)28-16-20(17-6-4-3-5-7-17)21(24-28)18-8-10-19(23)11-9-18/h3-11,20H,12-16H2,1-2H3/b25-22-. The van der Waals surface area contributed by atoms with Crippen LogP contribution in [0, 0.1) is 0 Å². The highest BCUT2D eigenvalue weighted by Crippen LogP contribution is 2.31. The van der Waals surface area contributed by atoms with Crippen LogP contribution in [0.25, 0.3) is 0 Å². The lowest BCUT2D eigenvalue weighted by molar-refractivity contribution is 0.222. The molecule has 32 heavy (non-hydrogen) atoms. The van der Waals surface area contributed by atoms with Crippen LogP contribution in [0.4, 0.5) is 0 Å². The second kappa shape index (κ2) is 9.93. The van der Waals surface area contributed by atoms with Gasteiger partial charge in [-0.05, 0) is 36.6 Å². The Bertz CT molecular complexity index is 1100. The summed E-state index contributed by atoms with van der Waals surface area (Å²) in [5, 5.41) is 7.56. The fourth-order valence-electron chi connectivity index (χ4n) is 3.81. The van der Waals surface area contributed by atoms with E-state index in [2.05, 4.69) is 21.4 Å². The molecule has 2 aromatic carbocycles. The zero-order valence-electron chi connectivity index (χ0n) is 18.1. The number of benzene rings is 2. The second-order valence-corrected chi connectivity index (χ2v) is 10.6. The van der Waals surface area contributed by atoms with Gasteiger partial charge in [0.1, 0.15) is 0 Å². The van der Waals surface area contributed by atoms with Gasteiger partial charge in [-0.2, -0.15) is 17.8 Å². The minimum absolute atomic E-state index is 0.0129. The Morgan fingerprint density at radius 1 is 1.06 bits per heavy atom. The van der Waals surface area contributed by atoms with E-state index in [9.17, 15) is 8.42 Å². The molecule has 170 valence electrons. The Kier molecular flexibility index (Phi) is 7.21. The predicted molar refractivity (Wildman–Crippen MR) is 133 cm³/mol. The number of hydrazone groups is 1. The van der Waals surface area contributed by atoms with Crippen molar-refractivity contribution in [3.05, 3.63) is 70.7 Å². The van der Waals surface area contributed by atoms with Crippen LogP contribution in [0.3, 0.4) is 0 Å². The molecule has 10 heteroatoms. The number of hydrogen-bond acceptors (Lipinski definition) is 5. The zero-order chi connectivity index (χ0) is 22.7. The van der Waals surface area contributed by atoms with Gasteiger partial charge >= 0.3 is 10.2 Å². The third-order valence-electron chi connectivity index (χ3n) is 5.64. The SMILES string of the molecule is CS/C(=N\S(=O)(=O)N1CCN(C)CC1)N1CC(c2ccccc2)C(c2ccc(Cl)cc2)=N1. The minimum atomic E-state index is -3.78. The summed E-state index contributed by atoms with van der Waals surface area (Å²) in [5.74, 6) is -0.0129. The number of hydrogen-bond donors (Lipinski definition) is 0. The number of amidine groups is 1. The van der Waals surface area contributed by atoms with Crippen molar-refractivity contribution < 1.29 is 8.42 Å². The maximum absolute atomic E-state index is 13.0. The normalized spacial score (nSPS) is 21.1. The van der Waals surface area contributed by atoms with Gasteiger partial charge in [0.2, 0.25) is 0 Å². The summed E-state index contributed by atoms with van der Waals surface area (Å²) in [6, 6.07) is 17.7. The van der Waals surface area contributed by atoms with Crippen LogP contribution in [0.5, 0.6) is 0 Å². The van der Waals surface area contributed by atoms with Gasteiger partial charge in [-0.1, -0.05) is 65.8 Å². The van der Waals surface area contributed by atoms with Crippen LogP contribution in [-0.2, 0) is 10.2 Å². The molecule has 1 atom stereocenters. The molecule has 0 spiro atoms. The van der Waals surface area contributed by atoms with Crippen molar-refractivity contribution >= 4 is 44.5 Å². The largest absolute Gasteiger partial charge is 0.324 e. The Hall–Kier alpha value is -1.91. The van der Waals surface area contributed by atoms with Crippen molar-refractivity contribution in [3.8, 4) is 0 Å². The molecular weight excluding hydrogens is 466 g/mol. The highest BCUT2D eigenvalue weighted by molar-refractivity contribution is 8.13. The highest BCUT2D eigenvalue weighted by Gasteiger charge is 2.33. The van der Waals surface area contributed by atoms with E-state index in [1.165, 1.54) is 16.1 Å². The smallest absolute Gasteiger partial charge is 0.304 e. The number of piperazine rings is 1. The first-order valence-corrected chi connectivity index (χ1v) is 13.4. The van der Waals surface area contributed by atoms with Gasteiger partial charge in [-0.3, -0.25) is 0 Å². The lowest BCUT2D eigenvalue weighted by Gasteiger charge is -2.30. The van der Waals surface area contributed by atoms with Crippen molar-refractivity contribution in [2.45, 2.75) is 5.92 Å². The third-order valence-corrected chi connectivity index (χ3v) is 8.10. The molecule has 7 nitrogen and oxygen atoms in total. The molecule has 1 fully saturated rings. The summed E-state index contributed by atoms with van der Waals surface area (Å²) in [4.78, 5) is 2.11. The van der Waals surface area contributed by atoms with Gasteiger partial charge in [0.15, 0.2) is 5.17 Å². The molecule has 0 saturated carbocycles. The molecule has 0 bridgehead atoms. The molecule has 0 aliphatic carbocycles. The van der Waals surface area contributed by atoms with Crippen LogP contribution in [0.15, 0.2) is 64.1 Å². The van der Waals surface area contributed by atoms with Crippen LogP contribution < -0.4 is 0 Å². The van der Waals surface area contributed by atoms with Gasteiger partial charge < -0.3 is 4.90 Å². The lowest BCUT2D eigenvalue weighted by atomic mass is 9.91. The van der Waals surface area contributed by atoms with Gasteiger partial charge in [0.25, 0.3) is 0 Å². The Morgan fingerprint density at radius 2 is 1.72 bits per heavy atom. The monoisotopic (exact) mass is 491 g/mol. The molecule has 0 amide bonds. The van der Waals surface area contributed by atoms with E-state index in [1.807, 2.05) is 55.8 Å². The highest BCUT2D eigenvalue weighted by atomic mass is 35.5. The average Bonchev–Trinajstić information content (AvgIpc) is 3.24. The van der Waals surface area contributed by atoms with E-state index in [1.54, 1.807) is 5.01 Å². The molecule has 2 aromatic rings. The second-order valence-electron chi connectivity index (χ2n) is 7.80. The van der Waals surface area contributed by atoms with Crippen LogP contribution in [0.1, 0.15) is 17.0 Å². The van der Waals surface area contributed by atoms with E-state index in [4.69, 9.17) is 16.7 Å². The molecule has 2 heterocycles. The summed E-state index contributed by atoms with van der Waals surface area (Å²) in [6.07, 6.45) is 1.83. The van der Waals surface area contributed by atoms with Crippen molar-refractivity contribution in [1.82, 2.24) is 14.2 Å². The Balaban J connectivity index is 1.67. The number of halogens is 1. The van der Waals surface area contributed by atoms with Crippen LogP contribution in [0.2, 0.25) is 5.02 Å². The zero-order valence-corrected chi connectivity index (χ0v) is 20.4. The van der Waals surface area contributed by atoms with Crippen molar-refractivity contribution in [2.24, 2.45) is 9.50 Å². The molecule has 2 aliphatic heterocycles. The first-order chi connectivity index (χ1) is 15.4. The molecule has 1 unspecified atom stereocenters. The molecule has 0 radical (unpaired) electrons. The molecule has 0 N–H and O–H groups in total. The van der Waals surface area contributed by atoms with E-state index in [-0.39, 0.29) is 5.92 Å². The molecule has 4 rings (SSSR count). The van der Waals surface area contributed by atoms with Gasteiger partial charge in [-0.25, -0.2) is 5.01 Å². The summed E-state index contributed by atoms with van der Waals surface area (Å²) in [5.41, 5.74) is 2.94. The number of thioether (sulfide) groups is 1. The third kappa shape index (κ3) is 5.18. The van der Waals surface area contributed by atoms with Crippen molar-refractivity contribution in [2.75, 3.05) is 46.0 Å². The summed E-state index contributed by atoms with van der Waals surface area (Å²) in [6.45, 7) is 2.79. The quantitative estimate of drug-likeness (QED) is 0.484. The first-order valence-electron chi connectivity index (χ1n) is 10.4. The molecular formula is C22H26ClN5O2S2. The first kappa shape index (κ1) is 23.3. The lowest BCUT2D eigenvalue weighted by Crippen LogP contribution is -2.46. The van der Waals surface area contributed by atoms with Crippen LogP contribution >= 0.6 is 23.4 Å². The Morgan fingerprint density at radius 3 is 2.34 bits per heavy atom. The van der Waals surface area contributed by atoms with Crippen molar-refractivity contribution in [3.63, 3.8) is 0 Å². The van der Waals surface area contributed by atoms with Crippen molar-refractivity contribution in [1.29, 1.82) is 0 Å². The maximum Gasteiger partial charge on any atom is 0.324 e. The van der Waals surface area contributed by atoms with Gasteiger partial charge in [0.05, 0.1) is 12.3 Å². The molecule has 2 aliphatic rings. The number of likely N-dealkylation sites (N-methyl/N-ethyl adjacent to an activating group) is 1.